The van der Waals surface area contributed by atoms with Crippen LogP contribution in [0.3, 0.4) is 0 Å². The van der Waals surface area contributed by atoms with E-state index in [4.69, 9.17) is 0 Å². The number of aromatic hydroxyl groups is 2. The van der Waals surface area contributed by atoms with E-state index in [1.165, 1.54) is 77.0 Å². The first-order chi connectivity index (χ1) is 12.7. The van der Waals surface area contributed by atoms with Gasteiger partial charge in [0.15, 0.2) is 0 Å². The zero-order valence-electron chi connectivity index (χ0n) is 17.4. The van der Waals surface area contributed by atoms with Crippen molar-refractivity contribution in [1.82, 2.24) is 0 Å². The summed E-state index contributed by atoms with van der Waals surface area (Å²) in [7, 11) is 0. The number of hydrogen-bond acceptors (Lipinski definition) is 2. The Morgan fingerprint density at radius 1 is 0.538 bits per heavy atom. The van der Waals surface area contributed by atoms with Crippen molar-refractivity contribution in [3.8, 4) is 11.5 Å². The third kappa shape index (κ3) is 10.1. The molecule has 0 spiro atoms. The first kappa shape index (κ1) is 22.9. The second-order valence-electron chi connectivity index (χ2n) is 7.86. The Bertz CT molecular complexity index is 428. The van der Waals surface area contributed by atoms with E-state index in [1.54, 1.807) is 12.1 Å². The zero-order valence-corrected chi connectivity index (χ0v) is 17.4. The van der Waals surface area contributed by atoms with Crippen LogP contribution in [-0.4, -0.2) is 10.2 Å². The lowest BCUT2D eigenvalue weighted by atomic mass is 9.98. The van der Waals surface area contributed by atoms with Gasteiger partial charge >= 0.3 is 0 Å². The Balaban J connectivity index is 2.32. The number of phenols is 2. The van der Waals surface area contributed by atoms with E-state index < -0.39 is 0 Å². The van der Waals surface area contributed by atoms with Crippen LogP contribution >= 0.6 is 0 Å². The first-order valence-corrected chi connectivity index (χ1v) is 11.2. The topological polar surface area (TPSA) is 40.5 Å². The molecule has 0 bridgehead atoms. The van der Waals surface area contributed by atoms with Crippen molar-refractivity contribution in [3.05, 3.63) is 23.3 Å². The number of unbranched alkanes of at least 4 members (excludes halogenated alkanes) is 12. The average molecular weight is 363 g/mol. The molecular formula is C24H42O2. The molecule has 2 heteroatoms. The van der Waals surface area contributed by atoms with Crippen molar-refractivity contribution >= 4 is 0 Å². The summed E-state index contributed by atoms with van der Waals surface area (Å²) in [6, 6.07) is 3.50. The van der Waals surface area contributed by atoms with Gasteiger partial charge < -0.3 is 10.2 Å². The van der Waals surface area contributed by atoms with Crippen LogP contribution in [0.2, 0.25) is 0 Å². The molecule has 0 unspecified atom stereocenters. The highest BCUT2D eigenvalue weighted by Gasteiger charge is 2.10. The fourth-order valence-corrected chi connectivity index (χ4v) is 3.67. The van der Waals surface area contributed by atoms with Crippen LogP contribution in [-0.2, 0) is 12.8 Å². The Labute approximate surface area is 162 Å². The van der Waals surface area contributed by atoms with Gasteiger partial charge in [-0.2, -0.15) is 0 Å². The molecule has 0 saturated heterocycles. The molecule has 26 heavy (non-hydrogen) atoms. The average Bonchev–Trinajstić information content (AvgIpc) is 2.63. The van der Waals surface area contributed by atoms with Gasteiger partial charge in [0.2, 0.25) is 0 Å². The molecule has 2 N–H and O–H groups in total. The van der Waals surface area contributed by atoms with Crippen molar-refractivity contribution in [3.63, 3.8) is 0 Å². The van der Waals surface area contributed by atoms with Gasteiger partial charge in [0, 0.05) is 0 Å². The number of aryl methyl sites for hydroxylation is 2. The molecular weight excluding hydrogens is 320 g/mol. The highest BCUT2D eigenvalue weighted by molar-refractivity contribution is 5.46. The van der Waals surface area contributed by atoms with Gasteiger partial charge in [-0.15, -0.1) is 0 Å². The number of hydrogen-bond donors (Lipinski definition) is 2. The Morgan fingerprint density at radius 3 is 1.27 bits per heavy atom. The third-order valence-electron chi connectivity index (χ3n) is 5.35. The normalized spacial score (nSPS) is 11.2. The Kier molecular flexibility index (Phi) is 13.1. The first-order valence-electron chi connectivity index (χ1n) is 11.2. The molecule has 0 saturated carbocycles. The lowest BCUT2D eigenvalue weighted by Gasteiger charge is -2.11. The Hall–Kier alpha value is -1.18. The summed E-state index contributed by atoms with van der Waals surface area (Å²) in [6.45, 7) is 4.49. The van der Waals surface area contributed by atoms with Crippen molar-refractivity contribution in [2.24, 2.45) is 0 Å². The summed E-state index contributed by atoms with van der Waals surface area (Å²) in [5, 5.41) is 20.6. The molecule has 0 aliphatic heterocycles. The van der Waals surface area contributed by atoms with Crippen LogP contribution in [0.1, 0.15) is 115 Å². The molecule has 1 aromatic carbocycles. The Morgan fingerprint density at radius 2 is 0.885 bits per heavy atom. The van der Waals surface area contributed by atoms with Crippen molar-refractivity contribution < 1.29 is 10.2 Å². The molecule has 0 radical (unpaired) electrons. The predicted molar refractivity (Wildman–Crippen MR) is 113 cm³/mol. The minimum absolute atomic E-state index is 0.304. The van der Waals surface area contributed by atoms with Gasteiger partial charge in [-0.25, -0.2) is 0 Å². The smallest absolute Gasteiger partial charge is 0.122 e. The highest BCUT2D eigenvalue weighted by atomic mass is 16.3. The largest absolute Gasteiger partial charge is 0.508 e. The minimum Gasteiger partial charge on any atom is -0.508 e. The fourth-order valence-electron chi connectivity index (χ4n) is 3.67. The predicted octanol–water partition coefficient (Wildman–Crippen LogP) is 7.68. The molecule has 0 aromatic heterocycles. The number of benzene rings is 1. The molecule has 0 aliphatic carbocycles. The van der Waals surface area contributed by atoms with Gasteiger partial charge in [0.05, 0.1) is 0 Å². The van der Waals surface area contributed by atoms with Crippen LogP contribution < -0.4 is 0 Å². The molecule has 1 rings (SSSR count). The summed E-state index contributed by atoms with van der Waals surface area (Å²) in [5.41, 5.74) is 1.85. The van der Waals surface area contributed by atoms with E-state index in [2.05, 4.69) is 13.8 Å². The number of rotatable bonds is 16. The summed E-state index contributed by atoms with van der Waals surface area (Å²) in [6.07, 6.45) is 19.5. The van der Waals surface area contributed by atoms with E-state index >= 15 is 0 Å². The van der Waals surface area contributed by atoms with Gasteiger partial charge in [0.25, 0.3) is 0 Å². The van der Waals surface area contributed by atoms with Gasteiger partial charge in [-0.1, -0.05) is 90.9 Å². The van der Waals surface area contributed by atoms with Gasteiger partial charge in [-0.05, 0) is 48.9 Å². The van der Waals surface area contributed by atoms with Crippen LogP contribution in [0.5, 0.6) is 11.5 Å². The molecule has 0 fully saturated rings. The molecule has 150 valence electrons. The van der Waals surface area contributed by atoms with Crippen LogP contribution in [0.25, 0.3) is 0 Å². The van der Waals surface area contributed by atoms with Crippen molar-refractivity contribution in [2.45, 2.75) is 117 Å². The van der Waals surface area contributed by atoms with Crippen LogP contribution in [0.4, 0.5) is 0 Å². The van der Waals surface area contributed by atoms with E-state index in [9.17, 15) is 10.2 Å². The lowest BCUT2D eigenvalue weighted by Crippen LogP contribution is -1.94. The van der Waals surface area contributed by atoms with Crippen molar-refractivity contribution in [2.75, 3.05) is 0 Å². The van der Waals surface area contributed by atoms with Gasteiger partial charge in [0.1, 0.15) is 11.5 Å². The zero-order chi connectivity index (χ0) is 19.0. The third-order valence-corrected chi connectivity index (χ3v) is 5.35. The fraction of sp³-hybridized carbons (Fsp3) is 0.750. The summed E-state index contributed by atoms with van der Waals surface area (Å²) < 4.78 is 0. The monoisotopic (exact) mass is 362 g/mol. The molecule has 0 amide bonds. The quantitative estimate of drug-likeness (QED) is 0.234. The minimum atomic E-state index is 0.304. The van der Waals surface area contributed by atoms with E-state index in [0.717, 1.165) is 36.8 Å². The standard InChI is InChI=1S/C24H42O2/c1-3-5-7-9-11-13-15-17-21-19-23(25)20-22(24(21)26)18-16-14-12-10-8-6-4-2/h19-20,25-26H,3-18H2,1-2H3. The van der Waals surface area contributed by atoms with E-state index in [1.807, 2.05) is 0 Å². The van der Waals surface area contributed by atoms with E-state index in [-0.39, 0.29) is 0 Å². The maximum absolute atomic E-state index is 10.5. The number of phenolic OH excluding ortho intramolecular Hbond substituents is 2. The molecule has 0 heterocycles. The van der Waals surface area contributed by atoms with Crippen LogP contribution in [0.15, 0.2) is 12.1 Å². The van der Waals surface area contributed by atoms with Crippen molar-refractivity contribution in [1.29, 1.82) is 0 Å². The van der Waals surface area contributed by atoms with Gasteiger partial charge in [-0.3, -0.25) is 0 Å². The summed E-state index contributed by atoms with van der Waals surface area (Å²) in [4.78, 5) is 0. The molecule has 0 aliphatic rings. The maximum Gasteiger partial charge on any atom is 0.122 e. The SMILES string of the molecule is CCCCCCCCCc1cc(O)cc(CCCCCCCCC)c1O. The summed E-state index contributed by atoms with van der Waals surface area (Å²) >= 11 is 0. The second kappa shape index (κ2) is 14.9. The van der Waals surface area contributed by atoms with E-state index in [0.29, 0.717) is 11.5 Å². The molecule has 0 atom stereocenters. The molecule has 2 nitrogen and oxygen atoms in total. The lowest BCUT2D eigenvalue weighted by molar-refractivity contribution is 0.444. The molecule has 1 aromatic rings. The van der Waals surface area contributed by atoms with Crippen LogP contribution in [0, 0.1) is 0 Å². The highest BCUT2D eigenvalue weighted by Crippen LogP contribution is 2.30. The maximum atomic E-state index is 10.5. The second-order valence-corrected chi connectivity index (χ2v) is 7.86. The summed E-state index contributed by atoms with van der Waals surface area (Å²) in [5.74, 6) is 0.735.